The summed E-state index contributed by atoms with van der Waals surface area (Å²) in [6.07, 6.45) is 1.26. The van der Waals surface area contributed by atoms with Crippen LogP contribution in [0.25, 0.3) is 22.3 Å². The van der Waals surface area contributed by atoms with E-state index in [-0.39, 0.29) is 24.2 Å². The van der Waals surface area contributed by atoms with Gasteiger partial charge in [-0.3, -0.25) is 9.59 Å². The van der Waals surface area contributed by atoms with E-state index in [1.807, 2.05) is 32.3 Å². The highest BCUT2D eigenvalue weighted by molar-refractivity contribution is 6.08. The van der Waals surface area contributed by atoms with E-state index in [2.05, 4.69) is 11.0 Å². The molecule has 2 aromatic heterocycles. The van der Waals surface area contributed by atoms with Crippen molar-refractivity contribution in [3.8, 4) is 11.4 Å². The van der Waals surface area contributed by atoms with Crippen LogP contribution in [0.4, 0.5) is 0 Å². The largest absolute Gasteiger partial charge is 0.377 e. The van der Waals surface area contributed by atoms with Crippen molar-refractivity contribution >= 4 is 24.5 Å². The first-order valence-electron chi connectivity index (χ1n) is 11.1. The van der Waals surface area contributed by atoms with Crippen LogP contribution in [0.15, 0.2) is 29.1 Å². The normalized spacial score (nSPS) is 19.3. The molecule has 0 spiro atoms. The van der Waals surface area contributed by atoms with Gasteiger partial charge in [-0.05, 0) is 50.7 Å². The maximum atomic E-state index is 13.4. The lowest BCUT2D eigenvalue weighted by Gasteiger charge is -2.32. The van der Waals surface area contributed by atoms with Crippen LogP contribution in [0.2, 0.25) is 0 Å². The van der Waals surface area contributed by atoms with E-state index in [9.17, 15) is 14.7 Å². The molecule has 162 valence electrons. The fourth-order valence-corrected chi connectivity index (χ4v) is 5.23. The SMILES string of the molecule is [B]Cc1ccc2nc3c(cc2c1CN(C)C)Cn1c-3cc2c(c1=O)CCC(=O)C2(O)CC. The number of nitrogens with zero attached hydrogens (tertiary/aromatic N) is 3. The van der Waals surface area contributed by atoms with Crippen molar-refractivity contribution < 1.29 is 9.90 Å². The lowest BCUT2D eigenvalue weighted by atomic mass is 9.77. The molecule has 6 nitrogen and oxygen atoms in total. The molecule has 1 aromatic carbocycles. The van der Waals surface area contributed by atoms with Gasteiger partial charge in [-0.2, -0.15) is 0 Å². The fraction of sp³-hybridized carbons (Fsp3) is 0.400. The Morgan fingerprint density at radius 3 is 2.69 bits per heavy atom. The van der Waals surface area contributed by atoms with E-state index in [1.54, 1.807) is 11.5 Å². The smallest absolute Gasteiger partial charge is 0.254 e. The van der Waals surface area contributed by atoms with Gasteiger partial charge in [0.25, 0.3) is 5.56 Å². The Labute approximate surface area is 188 Å². The van der Waals surface area contributed by atoms with Crippen LogP contribution in [0, 0.1) is 0 Å². The van der Waals surface area contributed by atoms with Crippen LogP contribution in [-0.4, -0.2) is 47.3 Å². The number of ketones is 1. The second-order valence-electron chi connectivity index (χ2n) is 9.16. The highest BCUT2D eigenvalue weighted by Crippen LogP contribution is 2.39. The van der Waals surface area contributed by atoms with Crippen molar-refractivity contribution in [2.75, 3.05) is 14.1 Å². The van der Waals surface area contributed by atoms with Crippen LogP contribution in [0.3, 0.4) is 0 Å². The molecule has 3 aromatic rings. The molecule has 1 atom stereocenters. The van der Waals surface area contributed by atoms with E-state index in [0.29, 0.717) is 36.1 Å². The highest BCUT2D eigenvalue weighted by Gasteiger charge is 2.43. The van der Waals surface area contributed by atoms with Crippen LogP contribution in [0.5, 0.6) is 0 Å². The summed E-state index contributed by atoms with van der Waals surface area (Å²) < 4.78 is 1.73. The Morgan fingerprint density at radius 2 is 2.00 bits per heavy atom. The van der Waals surface area contributed by atoms with Gasteiger partial charge in [-0.15, -0.1) is 0 Å². The van der Waals surface area contributed by atoms with Crippen LogP contribution < -0.4 is 5.56 Å². The number of Topliss-reactive ketones (excluding diaryl/α,β-unsaturated/α-hetero) is 1. The number of benzene rings is 1. The van der Waals surface area contributed by atoms with Gasteiger partial charge < -0.3 is 14.6 Å². The third kappa shape index (κ3) is 2.91. The molecule has 0 bridgehead atoms. The number of pyridine rings is 2. The van der Waals surface area contributed by atoms with Crippen molar-refractivity contribution in [1.29, 1.82) is 0 Å². The molecule has 0 amide bonds. The molecule has 1 aliphatic carbocycles. The average Bonchev–Trinajstić information content (AvgIpc) is 3.13. The van der Waals surface area contributed by atoms with Crippen LogP contribution >= 0.6 is 0 Å². The summed E-state index contributed by atoms with van der Waals surface area (Å²) in [6.45, 7) is 2.96. The Bertz CT molecular complexity index is 1340. The van der Waals surface area contributed by atoms with Crippen molar-refractivity contribution in [3.63, 3.8) is 0 Å². The molecule has 1 unspecified atom stereocenters. The Kier molecular flexibility index (Phi) is 4.87. The lowest BCUT2D eigenvalue weighted by molar-refractivity contribution is -0.140. The van der Waals surface area contributed by atoms with Crippen molar-refractivity contribution in [2.45, 2.75) is 51.2 Å². The predicted octanol–water partition coefficient (Wildman–Crippen LogP) is 2.27. The summed E-state index contributed by atoms with van der Waals surface area (Å²) >= 11 is 0. The third-order valence-electron chi connectivity index (χ3n) is 6.97. The topological polar surface area (TPSA) is 75.4 Å². The minimum Gasteiger partial charge on any atom is -0.377 e. The Hall–Kier alpha value is -2.77. The summed E-state index contributed by atoms with van der Waals surface area (Å²) in [7, 11) is 10.1. The molecular weight excluding hydrogens is 401 g/mol. The van der Waals surface area contributed by atoms with E-state index in [4.69, 9.17) is 12.8 Å². The van der Waals surface area contributed by atoms with Gasteiger partial charge in [0, 0.05) is 35.0 Å². The Balaban J connectivity index is 1.74. The number of carbonyl (C=O) groups is 1. The minimum atomic E-state index is -1.60. The lowest BCUT2D eigenvalue weighted by Crippen LogP contribution is -2.43. The summed E-state index contributed by atoms with van der Waals surface area (Å²) in [5.74, 6) is -0.218. The van der Waals surface area contributed by atoms with E-state index in [0.717, 1.165) is 39.8 Å². The van der Waals surface area contributed by atoms with E-state index in [1.165, 1.54) is 0 Å². The molecule has 2 aliphatic rings. The predicted molar refractivity (Wildman–Crippen MR) is 125 cm³/mol. The minimum absolute atomic E-state index is 0.130. The fourth-order valence-electron chi connectivity index (χ4n) is 5.23. The first-order chi connectivity index (χ1) is 15.3. The molecule has 2 radical (unpaired) electrons. The second-order valence-corrected chi connectivity index (χ2v) is 9.16. The van der Waals surface area contributed by atoms with Gasteiger partial charge in [0.2, 0.25) is 0 Å². The summed E-state index contributed by atoms with van der Waals surface area (Å²) in [5.41, 5.74) is 4.74. The molecule has 7 heteroatoms. The number of carbonyl (C=O) groups excluding carboxylic acids is 1. The molecule has 0 saturated carbocycles. The quantitative estimate of drug-likeness (QED) is 0.506. The number of aliphatic hydroxyl groups is 1. The molecule has 1 N–H and O–H groups in total. The molecular formula is C25H26BN3O3. The number of fused-ring (bicyclic) bond motifs is 5. The van der Waals surface area contributed by atoms with Gasteiger partial charge in [-0.25, -0.2) is 4.98 Å². The molecule has 3 heterocycles. The van der Waals surface area contributed by atoms with Crippen LogP contribution in [0.1, 0.15) is 47.6 Å². The standard InChI is InChI=1S/C25H26BN3O3/c1-4-25(32)19-10-21-23-15(12-29(21)24(31)16(19)6-8-22(25)30)9-17-18(13-28(2)3)14(11-26)5-7-20(17)27-23/h5,7,9-10,32H,4,6,8,11-13H2,1-3H3. The van der Waals surface area contributed by atoms with Crippen molar-refractivity contribution in [1.82, 2.24) is 14.5 Å². The number of rotatable bonds is 4. The number of hydrogen-bond acceptors (Lipinski definition) is 5. The maximum absolute atomic E-state index is 13.4. The van der Waals surface area contributed by atoms with Gasteiger partial charge in [0.15, 0.2) is 5.78 Å². The first-order valence-corrected chi connectivity index (χ1v) is 11.1. The van der Waals surface area contributed by atoms with Gasteiger partial charge >= 0.3 is 0 Å². The summed E-state index contributed by atoms with van der Waals surface area (Å²) in [6, 6.07) is 7.93. The molecule has 32 heavy (non-hydrogen) atoms. The number of aromatic nitrogens is 2. The molecule has 5 rings (SSSR count). The maximum Gasteiger partial charge on any atom is 0.254 e. The summed E-state index contributed by atoms with van der Waals surface area (Å²) in [5, 5.41) is 12.2. The Morgan fingerprint density at radius 1 is 1.22 bits per heavy atom. The zero-order chi connectivity index (χ0) is 22.8. The summed E-state index contributed by atoms with van der Waals surface area (Å²) in [4.78, 5) is 33.0. The van der Waals surface area contributed by atoms with Crippen molar-refractivity contribution in [2.24, 2.45) is 0 Å². The highest BCUT2D eigenvalue weighted by atomic mass is 16.3. The van der Waals surface area contributed by atoms with Gasteiger partial charge in [0.1, 0.15) is 5.60 Å². The molecule has 0 fully saturated rings. The average molecular weight is 427 g/mol. The zero-order valence-corrected chi connectivity index (χ0v) is 18.7. The van der Waals surface area contributed by atoms with E-state index < -0.39 is 5.60 Å². The third-order valence-corrected chi connectivity index (χ3v) is 6.97. The second kappa shape index (κ2) is 7.39. The monoisotopic (exact) mass is 427 g/mol. The van der Waals surface area contributed by atoms with Crippen molar-refractivity contribution in [3.05, 3.63) is 62.4 Å². The van der Waals surface area contributed by atoms with Gasteiger partial charge in [0.05, 0.1) is 31.3 Å². The molecule has 1 aliphatic heterocycles. The van der Waals surface area contributed by atoms with Crippen LogP contribution in [-0.2, 0) is 36.2 Å². The zero-order valence-electron chi connectivity index (χ0n) is 18.7. The first kappa shape index (κ1) is 21.1. The van der Waals surface area contributed by atoms with Gasteiger partial charge in [-0.1, -0.05) is 24.9 Å². The van der Waals surface area contributed by atoms with E-state index >= 15 is 0 Å². The molecule has 0 saturated heterocycles. The number of hydrogen-bond donors (Lipinski definition) is 1.